The van der Waals surface area contributed by atoms with Gasteiger partial charge in [-0.2, -0.15) is 0 Å². The van der Waals surface area contributed by atoms with Crippen LogP contribution >= 0.6 is 11.8 Å². The molecule has 1 aromatic rings. The number of amides is 3. The van der Waals surface area contributed by atoms with Crippen LogP contribution in [0.15, 0.2) is 30.3 Å². The maximum Gasteiger partial charge on any atom is 0.410 e. The highest BCUT2D eigenvalue weighted by atomic mass is 32.2. The van der Waals surface area contributed by atoms with Crippen LogP contribution in [0.25, 0.3) is 0 Å². The first-order valence-electron chi connectivity index (χ1n) is 12.1. The minimum atomic E-state index is -0.499. The summed E-state index contributed by atoms with van der Waals surface area (Å²) >= 11 is 1.74. The molecule has 3 aliphatic heterocycles. The summed E-state index contributed by atoms with van der Waals surface area (Å²) in [6, 6.07) is 9.17. The first-order chi connectivity index (χ1) is 16.2. The lowest BCUT2D eigenvalue weighted by Gasteiger charge is -2.40. The number of thioether (sulfide) groups is 1. The molecule has 0 bridgehead atoms. The van der Waals surface area contributed by atoms with Crippen molar-refractivity contribution >= 4 is 29.7 Å². The van der Waals surface area contributed by atoms with Crippen molar-refractivity contribution in [3.63, 3.8) is 0 Å². The van der Waals surface area contributed by atoms with Crippen LogP contribution in [0.1, 0.15) is 32.8 Å². The molecule has 0 saturated carbocycles. The molecular weight excluding hydrogens is 452 g/mol. The van der Waals surface area contributed by atoms with Crippen molar-refractivity contribution in [3.05, 3.63) is 35.9 Å². The Morgan fingerprint density at radius 2 is 1.71 bits per heavy atom. The number of benzene rings is 1. The maximum absolute atomic E-state index is 13.3. The Morgan fingerprint density at radius 1 is 1.00 bits per heavy atom. The second-order valence-electron chi connectivity index (χ2n) is 10.3. The molecule has 0 aliphatic carbocycles. The number of carbonyl (C=O) groups is 3. The molecular formula is C25H36N4O4S. The van der Waals surface area contributed by atoms with Crippen molar-refractivity contribution in [3.8, 4) is 0 Å². The van der Waals surface area contributed by atoms with Gasteiger partial charge in [0.25, 0.3) is 0 Å². The number of rotatable bonds is 4. The van der Waals surface area contributed by atoms with Gasteiger partial charge in [0.1, 0.15) is 12.6 Å². The predicted molar refractivity (Wildman–Crippen MR) is 132 cm³/mol. The fraction of sp³-hybridized carbons (Fsp3) is 0.640. The zero-order valence-corrected chi connectivity index (χ0v) is 21.3. The van der Waals surface area contributed by atoms with Crippen LogP contribution in [-0.2, 0) is 20.9 Å². The van der Waals surface area contributed by atoms with E-state index in [2.05, 4.69) is 4.90 Å². The molecule has 3 heterocycles. The molecule has 0 radical (unpaired) electrons. The molecule has 0 spiro atoms. The van der Waals surface area contributed by atoms with E-state index in [0.29, 0.717) is 31.9 Å². The molecule has 34 heavy (non-hydrogen) atoms. The number of nitrogens with zero attached hydrogens (tertiary/aromatic N) is 4. The predicted octanol–water partition coefficient (Wildman–Crippen LogP) is 2.49. The molecule has 0 N–H and O–H groups in total. The van der Waals surface area contributed by atoms with Gasteiger partial charge in [-0.05, 0) is 12.0 Å². The molecule has 4 rings (SSSR count). The number of hydrogen-bond acceptors (Lipinski definition) is 6. The van der Waals surface area contributed by atoms with Gasteiger partial charge in [0.15, 0.2) is 0 Å². The molecule has 8 nitrogen and oxygen atoms in total. The Morgan fingerprint density at radius 3 is 2.32 bits per heavy atom. The van der Waals surface area contributed by atoms with E-state index in [9.17, 15) is 14.4 Å². The van der Waals surface area contributed by atoms with Crippen molar-refractivity contribution in [1.82, 2.24) is 19.6 Å². The van der Waals surface area contributed by atoms with Crippen molar-refractivity contribution in [2.45, 2.75) is 45.9 Å². The zero-order valence-electron chi connectivity index (χ0n) is 20.4. The maximum atomic E-state index is 13.3. The summed E-state index contributed by atoms with van der Waals surface area (Å²) < 4.78 is 5.62. The second-order valence-corrected chi connectivity index (χ2v) is 11.4. The van der Waals surface area contributed by atoms with Gasteiger partial charge in [0, 0.05) is 56.5 Å². The third kappa shape index (κ3) is 5.68. The summed E-state index contributed by atoms with van der Waals surface area (Å²) in [6.07, 6.45) is 0.173. The summed E-state index contributed by atoms with van der Waals surface area (Å²) in [5.41, 5.74) is 0.533. The first-order valence-corrected chi connectivity index (χ1v) is 13.3. The van der Waals surface area contributed by atoms with Crippen molar-refractivity contribution in [1.29, 1.82) is 0 Å². The molecule has 3 aliphatic rings. The minimum Gasteiger partial charge on any atom is -0.445 e. The lowest BCUT2D eigenvalue weighted by atomic mass is 9.94. The van der Waals surface area contributed by atoms with Crippen molar-refractivity contribution < 1.29 is 19.1 Å². The Balaban J connectivity index is 1.41. The van der Waals surface area contributed by atoms with E-state index < -0.39 is 12.1 Å². The van der Waals surface area contributed by atoms with Crippen LogP contribution in [0.3, 0.4) is 0 Å². The average Bonchev–Trinajstić information content (AvgIpc) is 3.53. The Labute approximate surface area is 206 Å². The van der Waals surface area contributed by atoms with Crippen LogP contribution in [0.2, 0.25) is 0 Å². The fourth-order valence-corrected chi connectivity index (χ4v) is 5.83. The SMILES string of the molecule is CC(C)(C)C(=O)N1CCN(C2CC(C(=O)N3CCSC3)N(C(=O)OCc3ccccc3)C2)CC1. The van der Waals surface area contributed by atoms with E-state index in [1.54, 1.807) is 16.7 Å². The number of hydrogen-bond donors (Lipinski definition) is 0. The highest BCUT2D eigenvalue weighted by Crippen LogP contribution is 2.28. The van der Waals surface area contributed by atoms with Crippen LogP contribution in [0.4, 0.5) is 4.79 Å². The largest absolute Gasteiger partial charge is 0.445 e. The van der Waals surface area contributed by atoms with Crippen LogP contribution in [-0.4, -0.2) is 100 Å². The summed E-state index contributed by atoms with van der Waals surface area (Å²) in [6.45, 7) is 10.1. The number of piperazine rings is 1. The van der Waals surface area contributed by atoms with E-state index >= 15 is 0 Å². The van der Waals surface area contributed by atoms with Gasteiger partial charge in [0.2, 0.25) is 11.8 Å². The highest BCUT2D eigenvalue weighted by molar-refractivity contribution is 7.99. The minimum absolute atomic E-state index is 0.0192. The molecule has 9 heteroatoms. The Bertz CT molecular complexity index is 877. The van der Waals surface area contributed by atoms with Gasteiger partial charge in [-0.25, -0.2) is 4.79 Å². The van der Waals surface area contributed by atoms with Gasteiger partial charge in [0.05, 0.1) is 5.88 Å². The van der Waals surface area contributed by atoms with Gasteiger partial charge < -0.3 is 14.5 Å². The molecule has 0 aromatic heterocycles. The van der Waals surface area contributed by atoms with Gasteiger partial charge in [-0.15, -0.1) is 11.8 Å². The first kappa shape index (κ1) is 24.9. The van der Waals surface area contributed by atoms with Crippen molar-refractivity contribution in [2.24, 2.45) is 5.41 Å². The monoisotopic (exact) mass is 488 g/mol. The van der Waals surface area contributed by atoms with Crippen molar-refractivity contribution in [2.75, 3.05) is 50.9 Å². The van der Waals surface area contributed by atoms with Crippen LogP contribution in [0.5, 0.6) is 0 Å². The molecule has 1 aromatic carbocycles. The normalized spacial score (nSPS) is 23.9. The second kappa shape index (κ2) is 10.6. The Hall–Kier alpha value is -2.26. The highest BCUT2D eigenvalue weighted by Gasteiger charge is 2.45. The van der Waals surface area contributed by atoms with Gasteiger partial charge in [-0.3, -0.25) is 19.4 Å². The van der Waals surface area contributed by atoms with Gasteiger partial charge >= 0.3 is 6.09 Å². The van der Waals surface area contributed by atoms with Crippen LogP contribution in [0, 0.1) is 5.41 Å². The molecule has 186 valence electrons. The zero-order chi connectivity index (χ0) is 24.3. The quantitative estimate of drug-likeness (QED) is 0.649. The molecule has 3 amide bonds. The smallest absolute Gasteiger partial charge is 0.410 e. The molecule has 3 saturated heterocycles. The van der Waals surface area contributed by atoms with E-state index in [4.69, 9.17) is 4.74 Å². The number of carbonyl (C=O) groups excluding carboxylic acids is 3. The molecule has 2 atom stereocenters. The molecule has 3 fully saturated rings. The number of ether oxygens (including phenoxy) is 1. The summed E-state index contributed by atoms with van der Waals surface area (Å²) in [5, 5.41) is 0. The summed E-state index contributed by atoms with van der Waals surface area (Å²) in [5.74, 6) is 1.81. The Kier molecular flexibility index (Phi) is 7.72. The topological polar surface area (TPSA) is 73.4 Å². The van der Waals surface area contributed by atoms with Gasteiger partial charge in [-0.1, -0.05) is 51.1 Å². The lowest BCUT2D eigenvalue weighted by Crippen LogP contribution is -2.54. The van der Waals surface area contributed by atoms with Crippen LogP contribution < -0.4 is 0 Å². The summed E-state index contributed by atoms with van der Waals surface area (Å²) in [7, 11) is 0. The third-order valence-electron chi connectivity index (χ3n) is 6.83. The number of likely N-dealkylation sites (tertiary alicyclic amines) is 1. The standard InChI is InChI=1S/C25H36N4O4S/c1-25(2,3)23(31)27-11-9-26(10-12-27)20-15-21(22(30)28-13-14-34-18-28)29(16-20)24(32)33-17-19-7-5-4-6-8-19/h4-8,20-21H,9-18H2,1-3H3. The van der Waals surface area contributed by atoms with E-state index in [1.807, 2.05) is 60.9 Å². The fourth-order valence-electron chi connectivity index (χ4n) is 4.88. The average molecular weight is 489 g/mol. The van der Waals surface area contributed by atoms with E-state index in [1.165, 1.54) is 0 Å². The van der Waals surface area contributed by atoms with E-state index in [0.717, 1.165) is 31.0 Å². The van der Waals surface area contributed by atoms with E-state index in [-0.39, 0.29) is 29.9 Å². The molecule has 2 unspecified atom stereocenters. The lowest BCUT2D eigenvalue weighted by molar-refractivity contribution is -0.141. The summed E-state index contributed by atoms with van der Waals surface area (Å²) in [4.78, 5) is 46.8. The third-order valence-corrected chi connectivity index (χ3v) is 7.79.